The van der Waals surface area contributed by atoms with Crippen molar-refractivity contribution >= 4 is 37.6 Å². The molecule has 2 amide bonds. The van der Waals surface area contributed by atoms with Crippen molar-refractivity contribution in [2.24, 2.45) is 0 Å². The Balaban J connectivity index is 1.47. The van der Waals surface area contributed by atoms with Crippen LogP contribution in [-0.4, -0.2) is 22.9 Å². The molecule has 0 aromatic heterocycles. The largest absolute Gasteiger partial charge is 0.377 e. The van der Waals surface area contributed by atoms with Crippen LogP contribution in [0.2, 0.25) is 0 Å². The van der Waals surface area contributed by atoms with Gasteiger partial charge in [-0.2, -0.15) is 16.8 Å². The van der Waals surface area contributed by atoms with Gasteiger partial charge in [0.15, 0.2) is 11.5 Å². The van der Waals surface area contributed by atoms with E-state index in [2.05, 4.69) is 10.6 Å². The van der Waals surface area contributed by atoms with Crippen molar-refractivity contribution < 1.29 is 30.0 Å². The molecule has 0 fully saturated rings. The van der Waals surface area contributed by atoms with Gasteiger partial charge in [0.05, 0.1) is 11.4 Å². The van der Waals surface area contributed by atoms with E-state index in [0.717, 1.165) is 36.8 Å². The van der Waals surface area contributed by atoms with E-state index in [1.807, 2.05) is 13.8 Å². The molecule has 0 aliphatic heterocycles. The summed E-state index contributed by atoms with van der Waals surface area (Å²) < 4.78 is 62.4. The Labute approximate surface area is 246 Å². The number of nitrogens with one attached hydrogen (secondary N) is 2. The van der Waals surface area contributed by atoms with Gasteiger partial charge >= 0.3 is 26.3 Å². The molecule has 42 heavy (non-hydrogen) atoms. The molecule has 0 aliphatic carbocycles. The Kier molecular flexibility index (Phi) is 9.87. The molecule has 0 saturated heterocycles. The van der Waals surface area contributed by atoms with Gasteiger partial charge in [-0.1, -0.05) is 75.2 Å². The number of rotatable bonds is 12. The van der Waals surface area contributed by atoms with Crippen molar-refractivity contribution in [2.45, 2.75) is 49.3 Å². The van der Waals surface area contributed by atoms with Gasteiger partial charge in [0.2, 0.25) is 0 Å². The minimum atomic E-state index is -4.18. The molecule has 2 N–H and O–H groups in total. The number of carbonyl (C=O) groups excluding carboxylic acids is 1. The van der Waals surface area contributed by atoms with E-state index in [0.29, 0.717) is 0 Å². The van der Waals surface area contributed by atoms with Gasteiger partial charge in [0.1, 0.15) is 9.79 Å². The second kappa shape index (κ2) is 13.5. The number of para-hydroxylation sites is 4. The topological polar surface area (TPSA) is 128 Å². The fourth-order valence-electron chi connectivity index (χ4n) is 4.12. The van der Waals surface area contributed by atoms with E-state index >= 15 is 0 Å². The van der Waals surface area contributed by atoms with E-state index in [1.54, 1.807) is 48.5 Å². The van der Waals surface area contributed by atoms with Crippen LogP contribution in [0.15, 0.2) is 107 Å². The van der Waals surface area contributed by atoms with E-state index in [4.69, 9.17) is 8.37 Å². The number of urea groups is 1. The van der Waals surface area contributed by atoms with Crippen LogP contribution < -0.4 is 19.0 Å². The summed E-state index contributed by atoms with van der Waals surface area (Å²) in [6.45, 7) is 4.07. The van der Waals surface area contributed by atoms with E-state index in [1.165, 1.54) is 48.5 Å². The molecule has 4 aromatic carbocycles. The van der Waals surface area contributed by atoms with Gasteiger partial charge in [-0.15, -0.1) is 0 Å². The number of anilines is 2. The summed E-state index contributed by atoms with van der Waals surface area (Å²) in [5.41, 5.74) is 2.19. The molecule has 0 radical (unpaired) electrons. The molecule has 0 saturated carbocycles. The number of carbonyl (C=O) groups is 1. The standard InChI is InChI=1S/C31H32N2O7S2/c1-3-9-23-15-19-25(20-16-23)41(35,36)39-29-13-7-5-11-27(29)32-31(34)33-28-12-6-8-14-30(28)40-42(37,38)26-21-17-24(10-4-2)18-22-26/h5-8,11-22H,3-4,9-10H2,1-2H3,(H2,32,33,34). The zero-order valence-electron chi connectivity index (χ0n) is 23.2. The Morgan fingerprint density at radius 1 is 0.571 bits per heavy atom. The minimum absolute atomic E-state index is 0.0195. The van der Waals surface area contributed by atoms with Gasteiger partial charge in [-0.3, -0.25) is 0 Å². The zero-order chi connectivity index (χ0) is 30.2. The Morgan fingerprint density at radius 2 is 0.929 bits per heavy atom. The smallest absolute Gasteiger partial charge is 0.339 e. The van der Waals surface area contributed by atoms with Crippen LogP contribution in [0.3, 0.4) is 0 Å². The summed E-state index contributed by atoms with van der Waals surface area (Å²) >= 11 is 0. The molecular formula is C31H32N2O7S2. The van der Waals surface area contributed by atoms with Crippen molar-refractivity contribution in [2.75, 3.05) is 10.6 Å². The van der Waals surface area contributed by atoms with Crippen LogP contribution in [0.25, 0.3) is 0 Å². The molecule has 9 nitrogen and oxygen atoms in total. The van der Waals surface area contributed by atoms with Crippen LogP contribution in [-0.2, 0) is 33.1 Å². The highest BCUT2D eigenvalue weighted by Gasteiger charge is 2.21. The third-order valence-corrected chi connectivity index (χ3v) is 8.67. The van der Waals surface area contributed by atoms with E-state index in [-0.39, 0.29) is 32.7 Å². The lowest BCUT2D eigenvalue weighted by Crippen LogP contribution is -2.21. The third kappa shape index (κ3) is 7.89. The van der Waals surface area contributed by atoms with E-state index in [9.17, 15) is 21.6 Å². The van der Waals surface area contributed by atoms with E-state index < -0.39 is 26.3 Å². The highest BCUT2D eigenvalue weighted by atomic mass is 32.2. The maximum atomic E-state index is 12.9. The number of hydrogen-bond donors (Lipinski definition) is 2. The molecule has 4 rings (SSSR count). The average molecular weight is 609 g/mol. The fraction of sp³-hybridized carbons (Fsp3) is 0.194. The lowest BCUT2D eigenvalue weighted by molar-refractivity contribution is 0.262. The monoisotopic (exact) mass is 608 g/mol. The van der Waals surface area contributed by atoms with Crippen LogP contribution in [0.1, 0.15) is 37.8 Å². The number of benzene rings is 4. The molecular weight excluding hydrogens is 576 g/mol. The van der Waals surface area contributed by atoms with Crippen LogP contribution in [0.5, 0.6) is 11.5 Å². The quantitative estimate of drug-likeness (QED) is 0.170. The number of aryl methyl sites for hydroxylation is 2. The van der Waals surface area contributed by atoms with Gasteiger partial charge in [-0.05, 0) is 72.5 Å². The Hall–Kier alpha value is -4.35. The number of amides is 2. The van der Waals surface area contributed by atoms with Crippen LogP contribution in [0, 0.1) is 0 Å². The molecule has 4 aromatic rings. The SMILES string of the molecule is CCCc1ccc(S(=O)(=O)Oc2ccccc2NC(=O)Nc2ccccc2OS(=O)(=O)c2ccc(CCC)cc2)cc1. The molecule has 0 heterocycles. The van der Waals surface area contributed by atoms with Crippen molar-refractivity contribution in [3.8, 4) is 11.5 Å². The molecule has 0 aliphatic rings. The second-order valence-electron chi connectivity index (χ2n) is 9.43. The van der Waals surface area contributed by atoms with Gasteiger partial charge in [-0.25, -0.2) is 4.79 Å². The van der Waals surface area contributed by atoms with Gasteiger partial charge < -0.3 is 19.0 Å². The number of hydrogen-bond acceptors (Lipinski definition) is 7. The first-order valence-electron chi connectivity index (χ1n) is 13.4. The van der Waals surface area contributed by atoms with Crippen molar-refractivity contribution in [1.29, 1.82) is 0 Å². The lowest BCUT2D eigenvalue weighted by Gasteiger charge is -2.15. The van der Waals surface area contributed by atoms with Crippen LogP contribution in [0.4, 0.5) is 16.2 Å². The molecule has 0 spiro atoms. The normalized spacial score (nSPS) is 11.5. The van der Waals surface area contributed by atoms with Crippen LogP contribution >= 0.6 is 0 Å². The summed E-state index contributed by atoms with van der Waals surface area (Å²) in [7, 11) is -8.36. The van der Waals surface area contributed by atoms with Crippen molar-refractivity contribution in [1.82, 2.24) is 0 Å². The molecule has 0 atom stereocenters. The first-order valence-corrected chi connectivity index (χ1v) is 16.3. The van der Waals surface area contributed by atoms with Gasteiger partial charge in [0, 0.05) is 0 Å². The Morgan fingerprint density at radius 3 is 1.29 bits per heavy atom. The summed E-state index contributed by atoms with van der Waals surface area (Å²) in [4.78, 5) is 12.9. The highest BCUT2D eigenvalue weighted by molar-refractivity contribution is 7.87. The maximum absolute atomic E-state index is 12.9. The Bertz CT molecular complexity index is 1610. The maximum Gasteiger partial charge on any atom is 0.339 e. The minimum Gasteiger partial charge on any atom is -0.377 e. The molecule has 220 valence electrons. The van der Waals surface area contributed by atoms with Crippen molar-refractivity contribution in [3.05, 3.63) is 108 Å². The lowest BCUT2D eigenvalue weighted by atomic mass is 10.1. The van der Waals surface area contributed by atoms with Crippen molar-refractivity contribution in [3.63, 3.8) is 0 Å². The first-order chi connectivity index (χ1) is 20.1. The summed E-state index contributed by atoms with van der Waals surface area (Å²) in [5, 5.41) is 5.11. The predicted molar refractivity (Wildman–Crippen MR) is 162 cm³/mol. The van der Waals surface area contributed by atoms with Gasteiger partial charge in [0.25, 0.3) is 0 Å². The summed E-state index contributed by atoms with van der Waals surface area (Å²) in [5.74, 6) is -0.187. The molecule has 0 bridgehead atoms. The zero-order valence-corrected chi connectivity index (χ0v) is 24.9. The summed E-state index contributed by atoms with van der Waals surface area (Å²) in [6.07, 6.45) is 3.52. The highest BCUT2D eigenvalue weighted by Crippen LogP contribution is 2.30. The predicted octanol–water partition coefficient (Wildman–Crippen LogP) is 6.77. The molecule has 0 unspecified atom stereocenters. The fourth-order valence-corrected chi connectivity index (χ4v) is 6.01. The average Bonchev–Trinajstić information content (AvgIpc) is 2.96. The second-order valence-corrected chi connectivity index (χ2v) is 12.5. The molecule has 11 heteroatoms. The first kappa shape index (κ1) is 30.6. The summed E-state index contributed by atoms with van der Waals surface area (Å²) in [6, 6.07) is 24.2. The third-order valence-electron chi connectivity index (χ3n) is 6.17.